The van der Waals surface area contributed by atoms with Gasteiger partial charge in [0.2, 0.25) is 23.2 Å². The van der Waals surface area contributed by atoms with Crippen molar-refractivity contribution in [2.45, 2.75) is 193 Å². The summed E-state index contributed by atoms with van der Waals surface area (Å²) in [6.07, 6.45) is 5.40. The topological polar surface area (TPSA) is 233 Å². The fourth-order valence-corrected chi connectivity index (χ4v) is 9.58. The molecule has 0 saturated carbocycles. The molecule has 0 bridgehead atoms. The van der Waals surface area contributed by atoms with Crippen LogP contribution in [-0.4, -0.2) is 95.7 Å². The molecule has 18 heteroatoms. The minimum absolute atomic E-state index is 0.0775. The van der Waals surface area contributed by atoms with Crippen molar-refractivity contribution in [2.75, 3.05) is 18.5 Å². The third-order valence-corrected chi connectivity index (χ3v) is 13.4. The third kappa shape index (κ3) is 21.1. The number of hydrogen-bond acceptors (Lipinski definition) is 14. The number of para-hydroxylation sites is 2. The van der Waals surface area contributed by atoms with Gasteiger partial charge in [0.25, 0.3) is 0 Å². The molecule has 1 aromatic heterocycles. The molecule has 0 saturated heterocycles. The van der Waals surface area contributed by atoms with E-state index in [1.165, 1.54) is 10.6 Å². The van der Waals surface area contributed by atoms with Crippen LogP contribution in [0.2, 0.25) is 0 Å². The number of unbranched alkanes of at least 4 members (excludes halogenated alkanes) is 2. The van der Waals surface area contributed by atoms with Gasteiger partial charge in [-0.15, -0.1) is 0 Å². The molecule has 5 N–H and O–H groups in total. The Morgan fingerprint density at radius 1 is 0.671 bits per heavy atom. The molecule has 0 spiro atoms. The van der Waals surface area contributed by atoms with Gasteiger partial charge in [-0.05, 0) is 124 Å². The highest BCUT2D eigenvalue weighted by Gasteiger charge is 2.35. The number of aromatic nitrogens is 1. The maximum Gasteiger partial charge on any atom is 0.308 e. The van der Waals surface area contributed by atoms with E-state index in [1.54, 1.807) is 87.9 Å². The van der Waals surface area contributed by atoms with E-state index >= 15 is 0 Å². The second kappa shape index (κ2) is 28.3. The van der Waals surface area contributed by atoms with Gasteiger partial charge in [0, 0.05) is 68.6 Å². The Morgan fingerprint density at radius 3 is 1.92 bits per heavy atom. The summed E-state index contributed by atoms with van der Waals surface area (Å²) in [7, 11) is 2.09. The van der Waals surface area contributed by atoms with Gasteiger partial charge in [-0.3, -0.25) is 38.4 Å². The van der Waals surface area contributed by atoms with E-state index in [-0.39, 0.29) is 38.1 Å². The first-order valence-corrected chi connectivity index (χ1v) is 27.3. The Bertz CT molecular complexity index is 2580. The maximum absolute atomic E-state index is 14.1. The number of pyridine rings is 1. The molecule has 3 aromatic rings. The molecule has 2 aromatic carbocycles. The predicted molar refractivity (Wildman–Crippen MR) is 294 cm³/mol. The zero-order chi connectivity index (χ0) is 56.5. The van der Waals surface area contributed by atoms with Crippen LogP contribution in [0.25, 0.3) is 17.0 Å². The fourth-order valence-electron chi connectivity index (χ4n) is 8.47. The first-order chi connectivity index (χ1) is 35.5. The first-order valence-electron chi connectivity index (χ1n) is 26.5. The van der Waals surface area contributed by atoms with Crippen LogP contribution in [-0.2, 0) is 59.1 Å². The van der Waals surface area contributed by atoms with Gasteiger partial charge in [0.05, 0.1) is 47.1 Å². The highest BCUT2D eigenvalue weighted by molar-refractivity contribution is 8.03. The van der Waals surface area contributed by atoms with Gasteiger partial charge in [-0.25, -0.2) is 0 Å². The van der Waals surface area contributed by atoms with E-state index in [2.05, 4.69) is 93.3 Å². The zero-order valence-electron chi connectivity index (χ0n) is 46.8. The lowest BCUT2D eigenvalue weighted by Crippen LogP contribution is -2.51. The fraction of sp³-hybridized carbons (Fsp3) is 0.569. The van der Waals surface area contributed by atoms with Crippen molar-refractivity contribution in [2.24, 2.45) is 17.6 Å². The number of carbonyl (C=O) groups excluding carboxylic acids is 8. The molecular formula is C58H83N6O11S+. The van der Waals surface area contributed by atoms with Crippen molar-refractivity contribution in [1.29, 1.82) is 0 Å². The number of nitrogens with two attached hydrogens (primary N) is 1. The van der Waals surface area contributed by atoms with Gasteiger partial charge < -0.3 is 40.8 Å². The molecule has 17 nitrogen and oxygen atoms in total. The van der Waals surface area contributed by atoms with Crippen LogP contribution in [0.5, 0.6) is 0 Å². The second-order valence-electron chi connectivity index (χ2n) is 22.8. The average Bonchev–Trinajstić information content (AvgIpc) is 3.62. The highest BCUT2D eigenvalue weighted by atomic mass is 32.2. The van der Waals surface area contributed by atoms with Crippen molar-refractivity contribution < 1.29 is 57.1 Å². The summed E-state index contributed by atoms with van der Waals surface area (Å²) in [6.45, 7) is 19.5. The van der Waals surface area contributed by atoms with Crippen LogP contribution in [0.3, 0.4) is 0 Å². The Balaban J connectivity index is 1.32. The lowest BCUT2D eigenvalue weighted by atomic mass is 9.86. The SMILES string of the molecule is CC(C)[C@H](CC(=O)[C@H](CCC(=O)OC(C)(C)C)NC(=O)[C@@H](N)CC(=O)OC(C)(C)C)C(=O)N[C@@H](CC(=O)OC(C)(C)C)C(=O)CCCNC(=O)CCCCC[n+]1ccc(C=C2Sc3ccccc3N2C)c2ccccc21. The molecule has 4 atom stereocenters. The molecule has 0 fully saturated rings. The van der Waals surface area contributed by atoms with Crippen LogP contribution in [0.1, 0.15) is 152 Å². The standard InChI is InChI=1S/C58H82N6O11S/c1-37(2)40(34-47(66)42(27-28-51(68)73-56(3,4)5)61-55(72)41(59)35-52(69)74-57(6,7)8)54(71)62-43(36-53(70)75-58(9,10)11)46(65)24-20-30-60-49(67)26-14-13-19-31-64-32-29-38(39-21-15-16-22-44(39)64)33-50-63(12)45-23-17-18-25-48(45)76-50/h15-18,21-23,25,29,32-33,37,40-43H,13-14,19-20,24,26-28,30-31,34-36,59H2,1-12H3,(H2-,60,61,62,67,71,72)/p+1/t40-,41-,42-,43-/m0/s1. The smallest absolute Gasteiger partial charge is 0.308 e. The summed E-state index contributed by atoms with van der Waals surface area (Å²) < 4.78 is 18.5. The molecule has 3 amide bonds. The highest BCUT2D eigenvalue weighted by Crippen LogP contribution is 2.45. The van der Waals surface area contributed by atoms with Crippen molar-refractivity contribution in [3.63, 3.8) is 0 Å². The Hall–Kier alpha value is -6.14. The van der Waals surface area contributed by atoms with Crippen LogP contribution in [0.15, 0.2) is 70.7 Å². The largest absolute Gasteiger partial charge is 0.460 e. The normalized spacial score (nSPS) is 14.8. The van der Waals surface area contributed by atoms with E-state index < -0.39 is 107 Å². The number of ketones is 2. The number of nitrogens with zero attached hydrogens (tertiary/aromatic N) is 2. The summed E-state index contributed by atoms with van der Waals surface area (Å²) in [5.41, 5.74) is 7.01. The summed E-state index contributed by atoms with van der Waals surface area (Å²) in [6, 6.07) is 14.9. The minimum Gasteiger partial charge on any atom is -0.460 e. The number of esters is 3. The number of nitrogens with one attached hydrogen (secondary N) is 3. The molecule has 4 rings (SSSR count). The number of thioether (sulfide) groups is 1. The van der Waals surface area contributed by atoms with E-state index in [1.807, 2.05) is 6.07 Å². The van der Waals surface area contributed by atoms with Gasteiger partial charge in [0.15, 0.2) is 17.8 Å². The lowest BCUT2D eigenvalue weighted by molar-refractivity contribution is -0.671. The van der Waals surface area contributed by atoms with Gasteiger partial charge in [-0.2, -0.15) is 4.57 Å². The van der Waals surface area contributed by atoms with Crippen molar-refractivity contribution in [3.05, 3.63) is 71.4 Å². The number of hydrogen-bond donors (Lipinski definition) is 4. The molecule has 2 heterocycles. The number of benzene rings is 2. The molecule has 0 radical (unpaired) electrons. The van der Waals surface area contributed by atoms with Crippen molar-refractivity contribution in [1.82, 2.24) is 16.0 Å². The maximum atomic E-state index is 14.1. The van der Waals surface area contributed by atoms with Crippen molar-refractivity contribution in [3.8, 4) is 0 Å². The first kappa shape index (κ1) is 62.4. The van der Waals surface area contributed by atoms with E-state index in [4.69, 9.17) is 19.9 Å². The lowest BCUT2D eigenvalue weighted by Gasteiger charge is -2.27. The number of carbonyl (C=O) groups is 8. The quantitative estimate of drug-likeness (QED) is 0.0247. The Morgan fingerprint density at radius 2 is 1.28 bits per heavy atom. The molecule has 1 aliphatic heterocycles. The summed E-state index contributed by atoms with van der Waals surface area (Å²) in [5, 5.41) is 10.5. The van der Waals surface area contributed by atoms with Gasteiger partial charge >= 0.3 is 17.9 Å². The monoisotopic (exact) mass is 1070 g/mol. The van der Waals surface area contributed by atoms with Gasteiger partial charge in [0.1, 0.15) is 23.3 Å². The van der Waals surface area contributed by atoms with E-state index in [0.29, 0.717) is 12.8 Å². The number of anilines is 1. The van der Waals surface area contributed by atoms with Crippen LogP contribution in [0, 0.1) is 11.8 Å². The number of amides is 3. The summed E-state index contributed by atoms with van der Waals surface area (Å²) >= 11 is 1.76. The van der Waals surface area contributed by atoms with Crippen LogP contribution in [0.4, 0.5) is 5.69 Å². The second-order valence-corrected chi connectivity index (χ2v) is 23.8. The molecule has 76 heavy (non-hydrogen) atoms. The van der Waals surface area contributed by atoms with Crippen LogP contribution >= 0.6 is 11.8 Å². The Labute approximate surface area is 453 Å². The molecular weight excluding hydrogens is 989 g/mol. The number of Topliss-reactive ketones (excluding diaryl/α,β-unsaturated/α-hetero) is 2. The van der Waals surface area contributed by atoms with Crippen LogP contribution < -0.4 is 31.2 Å². The number of ether oxygens (including phenoxy) is 3. The van der Waals surface area contributed by atoms with E-state index in [9.17, 15) is 38.4 Å². The van der Waals surface area contributed by atoms with Crippen molar-refractivity contribution >= 4 is 81.6 Å². The predicted octanol–water partition coefficient (Wildman–Crippen LogP) is 7.81. The molecule has 0 unspecified atom stereocenters. The summed E-state index contributed by atoms with van der Waals surface area (Å²) in [5.74, 6) is -6.31. The Kier molecular flexibility index (Phi) is 23.2. The molecule has 416 valence electrons. The summed E-state index contributed by atoms with van der Waals surface area (Å²) in [4.78, 5) is 110. The molecule has 1 aliphatic rings. The number of aryl methyl sites for hydroxylation is 1. The molecule has 0 aliphatic carbocycles. The zero-order valence-corrected chi connectivity index (χ0v) is 47.6. The van der Waals surface area contributed by atoms with Gasteiger partial charge in [-0.1, -0.05) is 49.9 Å². The minimum atomic E-state index is -1.39. The average molecular weight is 1070 g/mol. The third-order valence-electron chi connectivity index (χ3n) is 12.2. The van der Waals surface area contributed by atoms with E-state index in [0.717, 1.165) is 40.9 Å². The number of rotatable bonds is 27. The number of fused-ring (bicyclic) bond motifs is 2.